The van der Waals surface area contributed by atoms with Crippen LogP contribution in [0.5, 0.6) is 5.75 Å². The fourth-order valence-corrected chi connectivity index (χ4v) is 2.17. The van der Waals surface area contributed by atoms with E-state index in [1.54, 1.807) is 0 Å². The van der Waals surface area contributed by atoms with Gasteiger partial charge in [-0.3, -0.25) is 0 Å². The summed E-state index contributed by atoms with van der Waals surface area (Å²) in [4.78, 5) is 0. The van der Waals surface area contributed by atoms with Crippen LogP contribution in [0.1, 0.15) is 39.2 Å². The van der Waals surface area contributed by atoms with E-state index in [4.69, 9.17) is 4.74 Å². The SMILES string of the molecule is CC(C)(C)NCc1ccc(OCC2CC2)c(Br)c1. The summed E-state index contributed by atoms with van der Waals surface area (Å²) in [6.07, 6.45) is 2.65. The summed E-state index contributed by atoms with van der Waals surface area (Å²) in [7, 11) is 0. The van der Waals surface area contributed by atoms with Crippen molar-refractivity contribution in [3.63, 3.8) is 0 Å². The molecule has 1 aromatic carbocycles. The van der Waals surface area contributed by atoms with Crippen LogP contribution in [0, 0.1) is 5.92 Å². The summed E-state index contributed by atoms with van der Waals surface area (Å²) >= 11 is 3.59. The number of hydrogen-bond acceptors (Lipinski definition) is 2. The standard InChI is InChI=1S/C15H22BrNO/c1-15(2,3)17-9-12-6-7-14(13(16)8-12)18-10-11-4-5-11/h6-8,11,17H,4-5,9-10H2,1-3H3. The number of hydrogen-bond donors (Lipinski definition) is 1. The molecule has 0 bridgehead atoms. The molecule has 1 aliphatic carbocycles. The Morgan fingerprint density at radius 2 is 2.06 bits per heavy atom. The van der Waals surface area contributed by atoms with Crippen LogP contribution < -0.4 is 10.1 Å². The van der Waals surface area contributed by atoms with E-state index in [2.05, 4.69) is 60.2 Å². The van der Waals surface area contributed by atoms with E-state index < -0.39 is 0 Å². The Morgan fingerprint density at radius 3 is 2.61 bits per heavy atom. The predicted molar refractivity (Wildman–Crippen MR) is 79.0 cm³/mol. The normalized spacial score (nSPS) is 15.8. The summed E-state index contributed by atoms with van der Waals surface area (Å²) in [5, 5.41) is 3.48. The van der Waals surface area contributed by atoms with Crippen LogP contribution in [-0.2, 0) is 6.54 Å². The minimum Gasteiger partial charge on any atom is -0.492 e. The highest BCUT2D eigenvalue weighted by Gasteiger charge is 2.22. The van der Waals surface area contributed by atoms with Gasteiger partial charge < -0.3 is 10.1 Å². The largest absolute Gasteiger partial charge is 0.492 e. The lowest BCUT2D eigenvalue weighted by Crippen LogP contribution is -2.35. The molecular formula is C15H22BrNO. The van der Waals surface area contributed by atoms with Crippen molar-refractivity contribution in [2.24, 2.45) is 5.92 Å². The molecule has 2 nitrogen and oxygen atoms in total. The van der Waals surface area contributed by atoms with Gasteiger partial charge in [0.25, 0.3) is 0 Å². The van der Waals surface area contributed by atoms with Gasteiger partial charge >= 0.3 is 0 Å². The molecule has 1 saturated carbocycles. The van der Waals surface area contributed by atoms with E-state index >= 15 is 0 Å². The van der Waals surface area contributed by atoms with E-state index in [1.165, 1.54) is 18.4 Å². The Hall–Kier alpha value is -0.540. The predicted octanol–water partition coefficient (Wildman–Crippen LogP) is 4.13. The molecule has 0 saturated heterocycles. The van der Waals surface area contributed by atoms with Crippen molar-refractivity contribution in [2.45, 2.75) is 45.7 Å². The molecule has 1 aliphatic rings. The minimum absolute atomic E-state index is 0.146. The average Bonchev–Trinajstić information content (AvgIpc) is 3.08. The fourth-order valence-electron chi connectivity index (χ4n) is 1.63. The maximum atomic E-state index is 5.79. The van der Waals surface area contributed by atoms with Gasteiger partial charge in [0.2, 0.25) is 0 Å². The molecule has 0 atom stereocenters. The van der Waals surface area contributed by atoms with E-state index in [0.29, 0.717) is 0 Å². The summed E-state index contributed by atoms with van der Waals surface area (Å²) in [6, 6.07) is 6.33. The number of benzene rings is 1. The highest BCUT2D eigenvalue weighted by atomic mass is 79.9. The van der Waals surface area contributed by atoms with Crippen molar-refractivity contribution in [3.8, 4) is 5.75 Å². The van der Waals surface area contributed by atoms with Crippen molar-refractivity contribution >= 4 is 15.9 Å². The van der Waals surface area contributed by atoms with E-state index in [-0.39, 0.29) is 5.54 Å². The van der Waals surface area contributed by atoms with Gasteiger partial charge in [0.1, 0.15) is 5.75 Å². The zero-order chi connectivity index (χ0) is 13.2. The Morgan fingerprint density at radius 1 is 1.33 bits per heavy atom. The second-order valence-corrected chi connectivity index (χ2v) is 6.98. The molecule has 1 aromatic rings. The maximum Gasteiger partial charge on any atom is 0.133 e. The van der Waals surface area contributed by atoms with Gasteiger partial charge in [-0.2, -0.15) is 0 Å². The monoisotopic (exact) mass is 311 g/mol. The molecule has 0 heterocycles. The Kier molecular flexibility index (Phi) is 4.33. The average molecular weight is 312 g/mol. The van der Waals surface area contributed by atoms with Gasteiger partial charge in [0.15, 0.2) is 0 Å². The third-order valence-electron chi connectivity index (χ3n) is 2.99. The van der Waals surface area contributed by atoms with E-state index in [0.717, 1.165) is 29.3 Å². The second kappa shape index (κ2) is 5.62. The molecule has 2 rings (SSSR count). The van der Waals surface area contributed by atoms with Crippen molar-refractivity contribution < 1.29 is 4.74 Å². The van der Waals surface area contributed by atoms with Gasteiger partial charge in [0, 0.05) is 12.1 Å². The minimum atomic E-state index is 0.146. The van der Waals surface area contributed by atoms with E-state index in [9.17, 15) is 0 Å². The molecule has 100 valence electrons. The zero-order valence-electron chi connectivity index (χ0n) is 11.4. The molecule has 0 radical (unpaired) electrons. The van der Waals surface area contributed by atoms with Crippen LogP contribution in [0.3, 0.4) is 0 Å². The lowest BCUT2D eigenvalue weighted by atomic mass is 10.1. The number of halogens is 1. The van der Waals surface area contributed by atoms with Crippen LogP contribution in [0.4, 0.5) is 0 Å². The molecule has 3 heteroatoms. The fraction of sp³-hybridized carbons (Fsp3) is 0.600. The molecule has 0 aromatic heterocycles. The highest BCUT2D eigenvalue weighted by Crippen LogP contribution is 2.32. The van der Waals surface area contributed by atoms with Crippen molar-refractivity contribution in [3.05, 3.63) is 28.2 Å². The molecule has 0 unspecified atom stereocenters. The first-order valence-corrected chi connectivity index (χ1v) is 7.39. The van der Waals surface area contributed by atoms with Gasteiger partial charge in [-0.05, 0) is 73.2 Å². The lowest BCUT2D eigenvalue weighted by molar-refractivity contribution is 0.298. The third kappa shape index (κ3) is 4.62. The first kappa shape index (κ1) is 13.9. The molecule has 1 N–H and O–H groups in total. The van der Waals surface area contributed by atoms with E-state index in [1.807, 2.05) is 0 Å². The molecular weight excluding hydrogens is 290 g/mol. The zero-order valence-corrected chi connectivity index (χ0v) is 13.0. The van der Waals surface area contributed by atoms with Crippen LogP contribution in [0.25, 0.3) is 0 Å². The maximum absolute atomic E-state index is 5.79. The molecule has 0 spiro atoms. The molecule has 0 amide bonds. The summed E-state index contributed by atoms with van der Waals surface area (Å²) in [6.45, 7) is 8.27. The van der Waals surface area contributed by atoms with Crippen LogP contribution in [0.2, 0.25) is 0 Å². The first-order chi connectivity index (χ1) is 8.44. The van der Waals surface area contributed by atoms with Crippen molar-refractivity contribution in [1.82, 2.24) is 5.32 Å². The summed E-state index contributed by atoms with van der Waals surface area (Å²) < 4.78 is 6.85. The second-order valence-electron chi connectivity index (χ2n) is 6.12. The smallest absolute Gasteiger partial charge is 0.133 e. The number of nitrogens with one attached hydrogen (secondary N) is 1. The molecule has 0 aliphatic heterocycles. The Balaban J connectivity index is 1.91. The Labute approximate surface area is 118 Å². The topological polar surface area (TPSA) is 21.3 Å². The van der Waals surface area contributed by atoms with Gasteiger partial charge in [-0.15, -0.1) is 0 Å². The van der Waals surface area contributed by atoms with Crippen LogP contribution in [0.15, 0.2) is 22.7 Å². The number of rotatable bonds is 5. The molecule has 18 heavy (non-hydrogen) atoms. The molecule has 1 fully saturated rings. The summed E-state index contributed by atoms with van der Waals surface area (Å²) in [5.74, 6) is 1.75. The summed E-state index contributed by atoms with van der Waals surface area (Å²) in [5.41, 5.74) is 1.42. The van der Waals surface area contributed by atoms with Gasteiger partial charge in [0.05, 0.1) is 11.1 Å². The van der Waals surface area contributed by atoms with Crippen LogP contribution >= 0.6 is 15.9 Å². The van der Waals surface area contributed by atoms with Crippen molar-refractivity contribution in [2.75, 3.05) is 6.61 Å². The van der Waals surface area contributed by atoms with Crippen molar-refractivity contribution in [1.29, 1.82) is 0 Å². The first-order valence-electron chi connectivity index (χ1n) is 6.60. The highest BCUT2D eigenvalue weighted by molar-refractivity contribution is 9.10. The number of ether oxygens (including phenoxy) is 1. The lowest BCUT2D eigenvalue weighted by Gasteiger charge is -2.20. The quantitative estimate of drug-likeness (QED) is 0.883. The van der Waals surface area contributed by atoms with Gasteiger partial charge in [-0.1, -0.05) is 6.07 Å². The Bertz CT molecular complexity index is 407. The van der Waals surface area contributed by atoms with Gasteiger partial charge in [-0.25, -0.2) is 0 Å². The van der Waals surface area contributed by atoms with Crippen LogP contribution in [-0.4, -0.2) is 12.1 Å². The third-order valence-corrected chi connectivity index (χ3v) is 3.61.